The van der Waals surface area contributed by atoms with E-state index in [0.717, 1.165) is 23.4 Å². The maximum Gasteiger partial charge on any atom is 0.260 e. The molecule has 2 heterocycles. The Bertz CT molecular complexity index is 770. The summed E-state index contributed by atoms with van der Waals surface area (Å²) in [5.74, 6) is 0.671. The van der Waals surface area contributed by atoms with Gasteiger partial charge in [0.05, 0.1) is 5.56 Å². The minimum Gasteiger partial charge on any atom is -0.484 e. The van der Waals surface area contributed by atoms with Crippen molar-refractivity contribution in [3.63, 3.8) is 0 Å². The highest BCUT2D eigenvalue weighted by atomic mass is 16.5. The van der Waals surface area contributed by atoms with Gasteiger partial charge in [-0.25, -0.2) is 0 Å². The zero-order chi connectivity index (χ0) is 18.5. The summed E-state index contributed by atoms with van der Waals surface area (Å²) in [6, 6.07) is 11.2. The molecule has 1 fully saturated rings. The first-order valence-corrected chi connectivity index (χ1v) is 8.95. The number of benzene rings is 1. The van der Waals surface area contributed by atoms with Crippen molar-refractivity contribution in [2.24, 2.45) is 0 Å². The van der Waals surface area contributed by atoms with Crippen LogP contribution in [0.15, 0.2) is 36.4 Å². The molecule has 26 heavy (non-hydrogen) atoms. The van der Waals surface area contributed by atoms with Gasteiger partial charge in [0.25, 0.3) is 11.8 Å². The Balaban J connectivity index is 1.55. The molecule has 1 saturated heterocycles. The van der Waals surface area contributed by atoms with Gasteiger partial charge in [0.2, 0.25) is 0 Å². The number of ether oxygens (including phenoxy) is 1. The molecule has 3 rings (SSSR count). The molecule has 1 N–H and O–H groups in total. The first-order valence-electron chi connectivity index (χ1n) is 8.95. The molecule has 0 radical (unpaired) electrons. The van der Waals surface area contributed by atoms with Crippen LogP contribution in [0.3, 0.4) is 0 Å². The number of amides is 2. The van der Waals surface area contributed by atoms with E-state index in [4.69, 9.17) is 4.74 Å². The van der Waals surface area contributed by atoms with Crippen LogP contribution in [-0.2, 0) is 4.79 Å². The lowest BCUT2D eigenvalue weighted by molar-refractivity contribution is -0.133. The Labute approximate surface area is 153 Å². The van der Waals surface area contributed by atoms with E-state index in [-0.39, 0.29) is 18.4 Å². The summed E-state index contributed by atoms with van der Waals surface area (Å²) in [4.78, 5) is 32.0. The van der Waals surface area contributed by atoms with E-state index >= 15 is 0 Å². The van der Waals surface area contributed by atoms with Crippen molar-refractivity contribution < 1.29 is 14.3 Å². The number of hydrogen-bond acceptors (Lipinski definition) is 3. The number of para-hydroxylation sites is 1. The van der Waals surface area contributed by atoms with E-state index < -0.39 is 0 Å². The van der Waals surface area contributed by atoms with Gasteiger partial charge in [-0.3, -0.25) is 9.59 Å². The number of carbonyl (C=O) groups excluding carboxylic acids is 2. The second-order valence-corrected chi connectivity index (χ2v) is 6.62. The molecule has 6 heteroatoms. The highest BCUT2D eigenvalue weighted by Gasteiger charge is 2.24. The van der Waals surface area contributed by atoms with E-state index in [1.54, 1.807) is 4.90 Å². The van der Waals surface area contributed by atoms with Crippen molar-refractivity contribution in [2.75, 3.05) is 32.8 Å². The normalized spacial score (nSPS) is 14.8. The Kier molecular flexibility index (Phi) is 5.61. The van der Waals surface area contributed by atoms with E-state index in [0.29, 0.717) is 31.9 Å². The molecule has 6 nitrogen and oxygen atoms in total. The molecule has 1 aliphatic rings. The van der Waals surface area contributed by atoms with E-state index in [9.17, 15) is 9.59 Å². The van der Waals surface area contributed by atoms with Crippen LogP contribution in [0.4, 0.5) is 0 Å². The monoisotopic (exact) mass is 355 g/mol. The average Bonchev–Trinajstić information content (AvgIpc) is 2.85. The lowest BCUT2D eigenvalue weighted by atomic mass is 10.2. The quantitative estimate of drug-likeness (QED) is 0.916. The second-order valence-electron chi connectivity index (χ2n) is 6.62. The Morgan fingerprint density at radius 3 is 2.42 bits per heavy atom. The van der Waals surface area contributed by atoms with Crippen LogP contribution in [0.1, 0.15) is 28.2 Å². The van der Waals surface area contributed by atoms with E-state index in [2.05, 4.69) is 4.98 Å². The fraction of sp³-hybridized carbons (Fsp3) is 0.400. The average molecular weight is 355 g/mol. The zero-order valence-electron chi connectivity index (χ0n) is 15.3. The smallest absolute Gasteiger partial charge is 0.260 e. The molecule has 1 aliphatic heterocycles. The summed E-state index contributed by atoms with van der Waals surface area (Å²) < 4.78 is 5.55. The SMILES string of the molecule is Cc1cc(C(=O)N2CCCN(C(=O)COc3ccccc3)CC2)c(C)[nH]1. The first kappa shape index (κ1) is 18.0. The predicted molar refractivity (Wildman–Crippen MR) is 99.3 cm³/mol. The van der Waals surface area contributed by atoms with Crippen LogP contribution >= 0.6 is 0 Å². The lowest BCUT2D eigenvalue weighted by Crippen LogP contribution is -2.39. The van der Waals surface area contributed by atoms with Gasteiger partial charge in [-0.2, -0.15) is 0 Å². The van der Waals surface area contributed by atoms with Crippen molar-refractivity contribution >= 4 is 11.8 Å². The van der Waals surface area contributed by atoms with Gasteiger partial charge in [-0.15, -0.1) is 0 Å². The van der Waals surface area contributed by atoms with Crippen LogP contribution in [0, 0.1) is 13.8 Å². The maximum absolute atomic E-state index is 12.8. The van der Waals surface area contributed by atoms with Crippen LogP contribution in [0.2, 0.25) is 0 Å². The summed E-state index contributed by atoms with van der Waals surface area (Å²) in [6.45, 7) is 6.25. The highest BCUT2D eigenvalue weighted by Crippen LogP contribution is 2.15. The van der Waals surface area contributed by atoms with Crippen LogP contribution < -0.4 is 4.74 Å². The molecule has 0 saturated carbocycles. The topological polar surface area (TPSA) is 65.6 Å². The third kappa shape index (κ3) is 4.25. The lowest BCUT2D eigenvalue weighted by Gasteiger charge is -2.22. The number of nitrogens with zero attached hydrogens (tertiary/aromatic N) is 2. The number of aromatic amines is 1. The van der Waals surface area contributed by atoms with Crippen LogP contribution in [0.5, 0.6) is 5.75 Å². The van der Waals surface area contributed by atoms with Gasteiger partial charge in [-0.05, 0) is 38.5 Å². The standard InChI is InChI=1S/C20H25N3O3/c1-15-13-18(16(2)21-15)20(25)23-10-6-9-22(11-12-23)19(24)14-26-17-7-4-3-5-8-17/h3-5,7-8,13,21H,6,9-12,14H2,1-2H3. The molecule has 0 unspecified atom stereocenters. The van der Waals surface area contributed by atoms with Gasteiger partial charge >= 0.3 is 0 Å². The summed E-state index contributed by atoms with van der Waals surface area (Å²) in [5, 5.41) is 0. The number of H-pyrrole nitrogens is 1. The molecular formula is C20H25N3O3. The molecule has 0 atom stereocenters. The summed E-state index contributed by atoms with van der Waals surface area (Å²) in [6.07, 6.45) is 0.769. The van der Waals surface area contributed by atoms with Gasteiger partial charge in [0.15, 0.2) is 6.61 Å². The summed E-state index contributed by atoms with van der Waals surface area (Å²) in [5.41, 5.74) is 2.59. The molecule has 1 aromatic heterocycles. The van der Waals surface area contributed by atoms with Crippen molar-refractivity contribution in [1.29, 1.82) is 0 Å². The van der Waals surface area contributed by atoms with E-state index in [1.165, 1.54) is 0 Å². The summed E-state index contributed by atoms with van der Waals surface area (Å²) in [7, 11) is 0. The molecule has 2 amide bonds. The minimum absolute atomic E-state index is 0.0219. The highest BCUT2D eigenvalue weighted by molar-refractivity contribution is 5.95. The zero-order valence-corrected chi connectivity index (χ0v) is 15.3. The summed E-state index contributed by atoms with van der Waals surface area (Å²) >= 11 is 0. The van der Waals surface area contributed by atoms with Crippen LogP contribution in [-0.4, -0.2) is 59.4 Å². The van der Waals surface area contributed by atoms with Crippen molar-refractivity contribution in [2.45, 2.75) is 20.3 Å². The molecular weight excluding hydrogens is 330 g/mol. The number of nitrogens with one attached hydrogen (secondary N) is 1. The van der Waals surface area contributed by atoms with Gasteiger partial charge < -0.3 is 19.5 Å². The molecule has 0 bridgehead atoms. The largest absolute Gasteiger partial charge is 0.484 e. The maximum atomic E-state index is 12.8. The molecule has 0 aliphatic carbocycles. The fourth-order valence-corrected chi connectivity index (χ4v) is 3.24. The fourth-order valence-electron chi connectivity index (χ4n) is 3.24. The van der Waals surface area contributed by atoms with Crippen LogP contribution in [0.25, 0.3) is 0 Å². The number of hydrogen-bond donors (Lipinski definition) is 1. The Morgan fingerprint density at radius 2 is 1.73 bits per heavy atom. The number of aromatic nitrogens is 1. The van der Waals surface area contributed by atoms with Crippen molar-refractivity contribution in [1.82, 2.24) is 14.8 Å². The molecule has 138 valence electrons. The molecule has 1 aromatic carbocycles. The number of rotatable bonds is 4. The third-order valence-corrected chi connectivity index (χ3v) is 4.62. The molecule has 0 spiro atoms. The molecule has 2 aromatic rings. The van der Waals surface area contributed by atoms with Gasteiger partial charge in [0, 0.05) is 37.6 Å². The Hall–Kier alpha value is -2.76. The van der Waals surface area contributed by atoms with Crippen molar-refractivity contribution in [3.05, 3.63) is 53.3 Å². The second kappa shape index (κ2) is 8.08. The minimum atomic E-state index is -0.0446. The third-order valence-electron chi connectivity index (χ3n) is 4.62. The Morgan fingerprint density at radius 1 is 1.04 bits per heavy atom. The number of carbonyl (C=O) groups is 2. The first-order chi connectivity index (χ1) is 12.5. The number of aryl methyl sites for hydroxylation is 2. The van der Waals surface area contributed by atoms with Gasteiger partial charge in [-0.1, -0.05) is 18.2 Å². The van der Waals surface area contributed by atoms with Gasteiger partial charge in [0.1, 0.15) is 5.75 Å². The predicted octanol–water partition coefficient (Wildman–Crippen LogP) is 2.39. The van der Waals surface area contributed by atoms with Crippen molar-refractivity contribution in [3.8, 4) is 5.75 Å². The van der Waals surface area contributed by atoms with E-state index in [1.807, 2.05) is 55.1 Å².